The summed E-state index contributed by atoms with van der Waals surface area (Å²) in [4.78, 5) is 48.2. The number of furan rings is 1. The molecule has 3 rings (SSSR count). The second-order valence-electron chi connectivity index (χ2n) is 7.00. The number of carbonyl (C=O) groups is 3. The van der Waals surface area contributed by atoms with E-state index in [0.717, 1.165) is 11.3 Å². The summed E-state index contributed by atoms with van der Waals surface area (Å²) >= 11 is 0.916. The van der Waals surface area contributed by atoms with E-state index in [-0.39, 0.29) is 45.9 Å². The zero-order chi connectivity index (χ0) is 25.5. The smallest absolute Gasteiger partial charge is 0.348 e. The SMILES string of the molecule is CCOC(=O)c1sc(NC(=O)/C=C/c2ccc(-c3ccccc3[N+](=O)[O-])o2)c(C(=O)OCC)c1C. The number of hydrogen-bond donors (Lipinski definition) is 1. The molecule has 0 aliphatic rings. The minimum Gasteiger partial charge on any atom is -0.462 e. The Morgan fingerprint density at radius 3 is 2.46 bits per heavy atom. The first kappa shape index (κ1) is 25.4. The average molecular weight is 499 g/mol. The van der Waals surface area contributed by atoms with Crippen molar-refractivity contribution in [2.45, 2.75) is 20.8 Å². The van der Waals surface area contributed by atoms with Crippen LogP contribution in [-0.2, 0) is 14.3 Å². The van der Waals surface area contributed by atoms with Gasteiger partial charge in [0.2, 0.25) is 5.91 Å². The second-order valence-corrected chi connectivity index (χ2v) is 8.02. The number of nitro groups is 1. The molecule has 0 unspecified atom stereocenters. The van der Waals surface area contributed by atoms with Crippen LogP contribution < -0.4 is 5.32 Å². The van der Waals surface area contributed by atoms with Crippen molar-refractivity contribution in [2.75, 3.05) is 18.5 Å². The van der Waals surface area contributed by atoms with E-state index in [1.54, 1.807) is 51.1 Å². The van der Waals surface area contributed by atoms with Crippen LogP contribution >= 0.6 is 11.3 Å². The largest absolute Gasteiger partial charge is 0.462 e. The molecule has 1 aromatic carbocycles. The predicted octanol–water partition coefficient (Wildman–Crippen LogP) is 5.23. The normalized spacial score (nSPS) is 10.8. The van der Waals surface area contributed by atoms with E-state index in [9.17, 15) is 24.5 Å². The summed E-state index contributed by atoms with van der Waals surface area (Å²) in [6.07, 6.45) is 2.56. The van der Waals surface area contributed by atoms with Gasteiger partial charge in [-0.15, -0.1) is 11.3 Å². The zero-order valence-electron chi connectivity index (χ0n) is 19.2. The van der Waals surface area contributed by atoms with Gasteiger partial charge < -0.3 is 19.2 Å². The van der Waals surface area contributed by atoms with Crippen molar-refractivity contribution in [3.05, 3.63) is 74.4 Å². The summed E-state index contributed by atoms with van der Waals surface area (Å²) in [5, 5.41) is 14.0. The van der Waals surface area contributed by atoms with Gasteiger partial charge in [0.15, 0.2) is 0 Å². The van der Waals surface area contributed by atoms with E-state index < -0.39 is 22.8 Å². The summed E-state index contributed by atoms with van der Waals surface area (Å²) < 4.78 is 15.7. The van der Waals surface area contributed by atoms with Gasteiger partial charge in [0.1, 0.15) is 21.4 Å². The van der Waals surface area contributed by atoms with E-state index in [4.69, 9.17) is 13.9 Å². The average Bonchev–Trinajstić information content (AvgIpc) is 3.42. The van der Waals surface area contributed by atoms with Crippen LogP contribution in [0.3, 0.4) is 0 Å². The lowest BCUT2D eigenvalue weighted by atomic mass is 10.1. The number of ether oxygens (including phenoxy) is 2. The highest BCUT2D eigenvalue weighted by molar-refractivity contribution is 7.18. The summed E-state index contributed by atoms with van der Waals surface area (Å²) in [5.41, 5.74) is 0.637. The molecule has 0 aliphatic heterocycles. The fraction of sp³-hybridized carbons (Fsp3) is 0.208. The topological polar surface area (TPSA) is 138 Å². The van der Waals surface area contributed by atoms with Gasteiger partial charge in [-0.2, -0.15) is 0 Å². The third-order valence-corrected chi connectivity index (χ3v) is 5.90. The van der Waals surface area contributed by atoms with Crippen molar-refractivity contribution in [1.29, 1.82) is 0 Å². The van der Waals surface area contributed by atoms with Gasteiger partial charge in [-0.05, 0) is 50.6 Å². The number of thiophene rings is 1. The van der Waals surface area contributed by atoms with Crippen LogP contribution in [0.2, 0.25) is 0 Å². The molecule has 2 heterocycles. The number of nitrogens with one attached hydrogen (secondary N) is 1. The molecule has 11 heteroatoms. The number of esters is 2. The highest BCUT2D eigenvalue weighted by atomic mass is 32.1. The Bertz CT molecular complexity index is 1300. The minimum atomic E-state index is -0.670. The molecule has 2 aromatic heterocycles. The number of carbonyl (C=O) groups excluding carboxylic acids is 3. The van der Waals surface area contributed by atoms with Crippen molar-refractivity contribution in [2.24, 2.45) is 0 Å². The van der Waals surface area contributed by atoms with Crippen LogP contribution in [0.1, 0.15) is 45.2 Å². The lowest BCUT2D eigenvalue weighted by Gasteiger charge is -2.05. The lowest BCUT2D eigenvalue weighted by Crippen LogP contribution is -2.12. The van der Waals surface area contributed by atoms with E-state index in [1.165, 1.54) is 18.2 Å². The number of rotatable bonds is 9. The van der Waals surface area contributed by atoms with Crippen molar-refractivity contribution in [1.82, 2.24) is 0 Å². The molecule has 0 fully saturated rings. The number of amides is 1. The third-order valence-electron chi connectivity index (χ3n) is 4.72. The number of nitrogens with zero attached hydrogens (tertiary/aromatic N) is 1. The molecule has 0 radical (unpaired) electrons. The van der Waals surface area contributed by atoms with E-state index >= 15 is 0 Å². The Kier molecular flexibility index (Phi) is 8.16. The molecule has 0 aliphatic carbocycles. The van der Waals surface area contributed by atoms with Gasteiger partial charge in [0.05, 0.1) is 29.3 Å². The summed E-state index contributed by atoms with van der Waals surface area (Å²) in [5.74, 6) is -1.30. The van der Waals surface area contributed by atoms with Crippen molar-refractivity contribution in [3.63, 3.8) is 0 Å². The number of nitro benzene ring substituents is 1. The number of para-hydroxylation sites is 1. The minimum absolute atomic E-state index is 0.0818. The molecular weight excluding hydrogens is 476 g/mol. The first-order valence-electron chi connectivity index (χ1n) is 10.6. The Balaban J connectivity index is 1.82. The fourth-order valence-corrected chi connectivity index (χ4v) is 4.27. The van der Waals surface area contributed by atoms with Crippen LogP contribution in [-0.4, -0.2) is 36.0 Å². The predicted molar refractivity (Wildman–Crippen MR) is 129 cm³/mol. The third kappa shape index (κ3) is 5.82. The van der Waals surface area contributed by atoms with Gasteiger partial charge in [0.25, 0.3) is 5.69 Å². The van der Waals surface area contributed by atoms with E-state index in [2.05, 4.69) is 5.32 Å². The molecule has 10 nitrogen and oxygen atoms in total. The van der Waals surface area contributed by atoms with Gasteiger partial charge in [-0.3, -0.25) is 14.9 Å². The van der Waals surface area contributed by atoms with Gasteiger partial charge >= 0.3 is 11.9 Å². The Morgan fingerprint density at radius 2 is 1.77 bits per heavy atom. The molecule has 0 atom stereocenters. The number of benzene rings is 1. The van der Waals surface area contributed by atoms with Gasteiger partial charge in [-0.25, -0.2) is 9.59 Å². The van der Waals surface area contributed by atoms with Gasteiger partial charge in [0, 0.05) is 12.1 Å². The first-order valence-corrected chi connectivity index (χ1v) is 11.4. The zero-order valence-corrected chi connectivity index (χ0v) is 20.0. The molecular formula is C24H22N2O8S. The Morgan fingerprint density at radius 1 is 1.09 bits per heavy atom. The van der Waals surface area contributed by atoms with Crippen LogP contribution in [0.5, 0.6) is 0 Å². The monoisotopic (exact) mass is 498 g/mol. The van der Waals surface area contributed by atoms with Crippen molar-refractivity contribution < 1.29 is 33.2 Å². The maximum absolute atomic E-state index is 12.6. The summed E-state index contributed by atoms with van der Waals surface area (Å²) in [7, 11) is 0. The van der Waals surface area contributed by atoms with Crippen LogP contribution in [0.25, 0.3) is 17.4 Å². The van der Waals surface area contributed by atoms with E-state index in [1.807, 2.05) is 0 Å². The first-order chi connectivity index (χ1) is 16.8. The molecule has 0 bridgehead atoms. The summed E-state index contributed by atoms with van der Waals surface area (Å²) in [6, 6.07) is 9.27. The highest BCUT2D eigenvalue weighted by Crippen LogP contribution is 2.35. The molecule has 1 amide bonds. The highest BCUT2D eigenvalue weighted by Gasteiger charge is 2.27. The van der Waals surface area contributed by atoms with Crippen molar-refractivity contribution in [3.8, 4) is 11.3 Å². The molecule has 0 spiro atoms. The Labute approximate surface area is 204 Å². The maximum atomic E-state index is 12.6. The Hall–Kier alpha value is -4.25. The quantitative estimate of drug-likeness (QED) is 0.183. The molecule has 35 heavy (non-hydrogen) atoms. The molecule has 182 valence electrons. The number of hydrogen-bond acceptors (Lipinski definition) is 9. The van der Waals surface area contributed by atoms with Crippen LogP contribution in [0.15, 0.2) is 46.9 Å². The summed E-state index contributed by atoms with van der Waals surface area (Å²) in [6.45, 7) is 5.17. The molecule has 1 N–H and O–H groups in total. The van der Waals surface area contributed by atoms with Crippen molar-refractivity contribution >= 4 is 45.9 Å². The molecule has 0 saturated carbocycles. The standard InChI is InChI=1S/C24H22N2O8S/c1-4-32-23(28)20-14(3)21(24(29)33-5-2)35-22(20)25-19(27)13-11-15-10-12-18(34-15)16-8-6-7-9-17(16)26(30)31/h6-13H,4-5H2,1-3H3,(H,25,27)/b13-11+. The fourth-order valence-electron chi connectivity index (χ4n) is 3.18. The van der Waals surface area contributed by atoms with Crippen LogP contribution in [0.4, 0.5) is 10.7 Å². The van der Waals surface area contributed by atoms with E-state index in [0.29, 0.717) is 11.1 Å². The molecule has 3 aromatic rings. The number of anilines is 1. The second kappa shape index (κ2) is 11.3. The van der Waals surface area contributed by atoms with Gasteiger partial charge in [-0.1, -0.05) is 12.1 Å². The van der Waals surface area contributed by atoms with Crippen LogP contribution in [0, 0.1) is 17.0 Å². The maximum Gasteiger partial charge on any atom is 0.348 e. The lowest BCUT2D eigenvalue weighted by molar-refractivity contribution is -0.384. The molecule has 0 saturated heterocycles.